The first-order chi connectivity index (χ1) is 13.4. The third-order valence-corrected chi connectivity index (χ3v) is 4.28. The average Bonchev–Trinajstić information content (AvgIpc) is 3.07. The van der Waals surface area contributed by atoms with Gasteiger partial charge < -0.3 is 20.4 Å². The van der Waals surface area contributed by atoms with Crippen molar-refractivity contribution in [2.24, 2.45) is 7.05 Å². The molecule has 2 heterocycles. The van der Waals surface area contributed by atoms with E-state index in [0.29, 0.717) is 36.7 Å². The maximum absolute atomic E-state index is 12.4. The van der Waals surface area contributed by atoms with Crippen LogP contribution in [0, 0.1) is 0 Å². The number of nitrogens with one attached hydrogen (secondary N) is 2. The van der Waals surface area contributed by atoms with Gasteiger partial charge in [0.2, 0.25) is 5.91 Å². The Morgan fingerprint density at radius 2 is 1.96 bits per heavy atom. The molecule has 0 saturated carbocycles. The Labute approximate surface area is 165 Å². The molecule has 2 amide bonds. The smallest absolute Gasteiger partial charge is 0.256 e. The van der Waals surface area contributed by atoms with Crippen molar-refractivity contribution in [1.82, 2.24) is 29.9 Å². The second-order valence-electron chi connectivity index (χ2n) is 6.71. The normalized spacial score (nSPS) is 10.9. The summed E-state index contributed by atoms with van der Waals surface area (Å²) in [6.45, 7) is 4.81. The molecule has 0 spiro atoms. The number of likely N-dealkylation sites (N-methyl/N-ethyl adjacent to an activating group) is 2. The summed E-state index contributed by atoms with van der Waals surface area (Å²) < 4.78 is 1.59. The fourth-order valence-corrected chi connectivity index (χ4v) is 2.59. The number of hydrogen-bond acceptors (Lipinski definition) is 6. The van der Waals surface area contributed by atoms with Crippen molar-refractivity contribution in [1.29, 1.82) is 0 Å². The number of carbonyl (C=O) groups is 2. The third-order valence-electron chi connectivity index (χ3n) is 4.28. The van der Waals surface area contributed by atoms with Gasteiger partial charge in [-0.05, 0) is 33.2 Å². The highest BCUT2D eigenvalue weighted by Gasteiger charge is 2.12. The summed E-state index contributed by atoms with van der Waals surface area (Å²) in [4.78, 5) is 32.8. The number of aryl methyl sites for hydroxylation is 1. The molecule has 152 valence electrons. The summed E-state index contributed by atoms with van der Waals surface area (Å²) in [5.74, 6) is 0.433. The highest BCUT2D eigenvalue weighted by molar-refractivity contribution is 6.03. The lowest BCUT2D eigenvalue weighted by Crippen LogP contribution is -2.41. The Bertz CT molecular complexity index is 788. The molecule has 9 nitrogen and oxygen atoms in total. The standard InChI is InChI=1S/C19H29N7O2/c1-5-26(11-10-24(2)3)18(27)14-20-13-16-12-15(6-8-21-16)19(28)23-17-7-9-22-25(17)4/h6-9,12,20H,5,10-11,13-14H2,1-4H3,(H,23,28). The highest BCUT2D eigenvalue weighted by atomic mass is 16.2. The molecule has 0 fully saturated rings. The minimum absolute atomic E-state index is 0.0504. The average molecular weight is 387 g/mol. The van der Waals surface area contributed by atoms with Gasteiger partial charge in [-0.1, -0.05) is 0 Å². The second kappa shape index (κ2) is 10.5. The van der Waals surface area contributed by atoms with Gasteiger partial charge in [-0.25, -0.2) is 0 Å². The molecule has 0 aliphatic rings. The monoisotopic (exact) mass is 387 g/mol. The van der Waals surface area contributed by atoms with Crippen LogP contribution >= 0.6 is 0 Å². The van der Waals surface area contributed by atoms with E-state index in [1.54, 1.807) is 42.3 Å². The van der Waals surface area contributed by atoms with Crippen LogP contribution in [0.5, 0.6) is 0 Å². The molecule has 2 aromatic heterocycles. The van der Waals surface area contributed by atoms with Crippen LogP contribution in [-0.2, 0) is 18.4 Å². The maximum Gasteiger partial charge on any atom is 0.256 e. The molecule has 2 N–H and O–H groups in total. The molecular formula is C19H29N7O2. The summed E-state index contributed by atoms with van der Waals surface area (Å²) in [5.41, 5.74) is 1.20. The van der Waals surface area contributed by atoms with E-state index in [9.17, 15) is 9.59 Å². The van der Waals surface area contributed by atoms with Gasteiger partial charge in [0.1, 0.15) is 5.82 Å². The predicted molar refractivity (Wildman–Crippen MR) is 108 cm³/mol. The number of pyridine rings is 1. The second-order valence-corrected chi connectivity index (χ2v) is 6.71. The van der Waals surface area contributed by atoms with Crippen molar-refractivity contribution in [3.8, 4) is 0 Å². The molecule has 0 radical (unpaired) electrons. The molecule has 28 heavy (non-hydrogen) atoms. The summed E-state index contributed by atoms with van der Waals surface area (Å²) in [5, 5.41) is 9.94. The van der Waals surface area contributed by atoms with Crippen LogP contribution in [0.1, 0.15) is 23.0 Å². The number of hydrogen-bond donors (Lipinski definition) is 2. The Hall–Kier alpha value is -2.78. The van der Waals surface area contributed by atoms with Crippen molar-refractivity contribution in [2.75, 3.05) is 45.6 Å². The zero-order valence-corrected chi connectivity index (χ0v) is 17.0. The van der Waals surface area contributed by atoms with Crippen molar-refractivity contribution in [2.45, 2.75) is 13.5 Å². The Morgan fingerprint density at radius 3 is 2.61 bits per heavy atom. The number of nitrogens with zero attached hydrogens (tertiary/aromatic N) is 5. The van der Waals surface area contributed by atoms with E-state index in [2.05, 4.69) is 25.6 Å². The summed E-state index contributed by atoms with van der Waals surface area (Å²) in [6.07, 6.45) is 3.21. The topological polar surface area (TPSA) is 95.4 Å². The number of carbonyl (C=O) groups excluding carboxylic acids is 2. The predicted octanol–water partition coefficient (Wildman–Crippen LogP) is 0.567. The first-order valence-corrected chi connectivity index (χ1v) is 9.28. The van der Waals surface area contributed by atoms with Crippen LogP contribution in [0.3, 0.4) is 0 Å². The van der Waals surface area contributed by atoms with Gasteiger partial charge in [-0.15, -0.1) is 0 Å². The first kappa shape index (κ1) is 21.5. The number of anilines is 1. The molecule has 9 heteroatoms. The van der Waals surface area contributed by atoms with Crippen LogP contribution < -0.4 is 10.6 Å². The number of rotatable bonds is 10. The van der Waals surface area contributed by atoms with Crippen LogP contribution in [0.25, 0.3) is 0 Å². The van der Waals surface area contributed by atoms with Gasteiger partial charge in [0.25, 0.3) is 5.91 Å². The first-order valence-electron chi connectivity index (χ1n) is 9.28. The zero-order valence-electron chi connectivity index (χ0n) is 17.0. The van der Waals surface area contributed by atoms with E-state index in [-0.39, 0.29) is 18.4 Å². The minimum Gasteiger partial charge on any atom is -0.341 e. The molecule has 0 saturated heterocycles. The van der Waals surface area contributed by atoms with E-state index >= 15 is 0 Å². The van der Waals surface area contributed by atoms with E-state index in [0.717, 1.165) is 6.54 Å². The van der Waals surface area contributed by atoms with E-state index in [1.807, 2.05) is 25.9 Å². The van der Waals surface area contributed by atoms with Crippen LogP contribution in [0.2, 0.25) is 0 Å². The Kier molecular flexibility index (Phi) is 8.09. The molecule has 2 aromatic rings. The molecule has 0 bridgehead atoms. The van der Waals surface area contributed by atoms with Crippen molar-refractivity contribution in [3.63, 3.8) is 0 Å². The fourth-order valence-electron chi connectivity index (χ4n) is 2.59. The Balaban J connectivity index is 1.86. The lowest BCUT2D eigenvalue weighted by molar-refractivity contribution is -0.130. The zero-order chi connectivity index (χ0) is 20.5. The Morgan fingerprint density at radius 1 is 1.18 bits per heavy atom. The van der Waals surface area contributed by atoms with Gasteiger partial charge in [0.05, 0.1) is 18.4 Å². The number of aromatic nitrogens is 3. The molecule has 2 rings (SSSR count). The van der Waals surface area contributed by atoms with Crippen molar-refractivity contribution >= 4 is 17.6 Å². The van der Waals surface area contributed by atoms with Crippen molar-refractivity contribution in [3.05, 3.63) is 41.9 Å². The van der Waals surface area contributed by atoms with Gasteiger partial charge in [-0.3, -0.25) is 19.3 Å². The van der Waals surface area contributed by atoms with E-state index in [1.165, 1.54) is 0 Å². The fraction of sp³-hybridized carbons (Fsp3) is 0.474. The van der Waals surface area contributed by atoms with Crippen LogP contribution in [-0.4, -0.2) is 76.7 Å². The summed E-state index contributed by atoms with van der Waals surface area (Å²) in [7, 11) is 5.73. The SMILES string of the molecule is CCN(CCN(C)C)C(=O)CNCc1cc(C(=O)Nc2ccnn2C)ccn1. The quantitative estimate of drug-likeness (QED) is 0.619. The van der Waals surface area contributed by atoms with Gasteiger partial charge in [0, 0.05) is 51.1 Å². The van der Waals surface area contributed by atoms with Gasteiger partial charge in [-0.2, -0.15) is 5.10 Å². The molecule has 0 unspecified atom stereocenters. The molecule has 0 aliphatic heterocycles. The lowest BCUT2D eigenvalue weighted by atomic mass is 10.2. The van der Waals surface area contributed by atoms with Gasteiger partial charge in [0.15, 0.2) is 0 Å². The van der Waals surface area contributed by atoms with E-state index < -0.39 is 0 Å². The molecule has 0 aliphatic carbocycles. The van der Waals surface area contributed by atoms with Crippen LogP contribution in [0.4, 0.5) is 5.82 Å². The highest BCUT2D eigenvalue weighted by Crippen LogP contribution is 2.08. The minimum atomic E-state index is -0.232. The summed E-state index contributed by atoms with van der Waals surface area (Å²) >= 11 is 0. The molecular weight excluding hydrogens is 358 g/mol. The number of amides is 2. The largest absolute Gasteiger partial charge is 0.341 e. The molecule has 0 atom stereocenters. The molecule has 0 aromatic carbocycles. The third kappa shape index (κ3) is 6.43. The lowest BCUT2D eigenvalue weighted by Gasteiger charge is -2.23. The van der Waals surface area contributed by atoms with Crippen molar-refractivity contribution < 1.29 is 9.59 Å². The van der Waals surface area contributed by atoms with E-state index in [4.69, 9.17) is 0 Å². The maximum atomic E-state index is 12.4. The summed E-state index contributed by atoms with van der Waals surface area (Å²) in [6, 6.07) is 5.09. The van der Waals surface area contributed by atoms with Crippen LogP contribution in [0.15, 0.2) is 30.6 Å². The van der Waals surface area contributed by atoms with Gasteiger partial charge >= 0.3 is 0 Å².